The van der Waals surface area contributed by atoms with E-state index < -0.39 is 35.6 Å². The maximum Gasteiger partial charge on any atom is 0.455 e. The van der Waals surface area contributed by atoms with Gasteiger partial charge in [-0.25, -0.2) is 0 Å². The summed E-state index contributed by atoms with van der Waals surface area (Å²) in [5, 5.41) is 0. The first-order valence-electron chi connectivity index (χ1n) is 4.65. The molecule has 0 saturated carbocycles. The number of aliphatic imine (C=N–C) groups is 1. The van der Waals surface area contributed by atoms with Crippen molar-refractivity contribution in [1.82, 2.24) is 4.90 Å². The molecule has 1 heterocycles. The molecule has 0 spiro atoms. The van der Waals surface area contributed by atoms with Crippen LogP contribution < -0.4 is 0 Å². The molecule has 0 amide bonds. The Hall–Kier alpha value is -1.54. The van der Waals surface area contributed by atoms with E-state index in [-0.39, 0.29) is 0 Å². The summed E-state index contributed by atoms with van der Waals surface area (Å²) in [5.41, 5.74) is -3.29. The normalized spacial score (nSPS) is 21.6. The van der Waals surface area contributed by atoms with Gasteiger partial charge in [-0.2, -0.15) is 26.3 Å². The van der Waals surface area contributed by atoms with Crippen LogP contribution in [0.25, 0.3) is 0 Å². The molecule has 0 aromatic heterocycles. The number of halogens is 6. The standard InChI is InChI=1S/C9H8F6N2O/c1-4-16-6(8(10,11)12)5(3-17(4)2)7(18)9(13,14)15/h3-4H,1-2H3. The van der Waals surface area contributed by atoms with Crippen LogP contribution in [-0.2, 0) is 4.79 Å². The van der Waals surface area contributed by atoms with E-state index in [0.717, 1.165) is 4.90 Å². The molecular weight excluding hydrogens is 266 g/mol. The lowest BCUT2D eigenvalue weighted by Crippen LogP contribution is -2.41. The number of nitrogens with zero attached hydrogens (tertiary/aromatic N) is 2. The third kappa shape index (κ3) is 2.82. The molecule has 0 aromatic rings. The van der Waals surface area contributed by atoms with Crippen LogP contribution in [0, 0.1) is 0 Å². The number of allylic oxidation sites excluding steroid dienone is 1. The molecule has 0 N–H and O–H groups in total. The van der Waals surface area contributed by atoms with Crippen LogP contribution >= 0.6 is 0 Å². The third-order valence-electron chi connectivity index (χ3n) is 2.26. The Morgan fingerprint density at radius 2 is 1.78 bits per heavy atom. The molecule has 1 rings (SSSR count). The maximum atomic E-state index is 12.5. The first-order chi connectivity index (χ1) is 7.94. The number of carbonyl (C=O) groups is 1. The van der Waals surface area contributed by atoms with Gasteiger partial charge in [0.05, 0.1) is 5.57 Å². The summed E-state index contributed by atoms with van der Waals surface area (Å²) >= 11 is 0. The Morgan fingerprint density at radius 3 is 2.17 bits per heavy atom. The second-order valence-corrected chi connectivity index (χ2v) is 3.64. The van der Waals surface area contributed by atoms with Crippen molar-refractivity contribution >= 4 is 11.5 Å². The predicted molar refractivity (Wildman–Crippen MR) is 49.9 cm³/mol. The van der Waals surface area contributed by atoms with E-state index in [2.05, 4.69) is 4.99 Å². The summed E-state index contributed by atoms with van der Waals surface area (Å²) in [6.45, 7) is 1.26. The monoisotopic (exact) mass is 274 g/mol. The fraction of sp³-hybridized carbons (Fsp3) is 0.556. The van der Waals surface area contributed by atoms with Gasteiger partial charge in [0.1, 0.15) is 6.17 Å². The Balaban J connectivity index is 3.26. The molecule has 0 bridgehead atoms. The Kier molecular flexibility index (Phi) is 3.46. The smallest absolute Gasteiger partial charge is 0.358 e. The molecule has 0 fully saturated rings. The molecule has 3 nitrogen and oxygen atoms in total. The van der Waals surface area contributed by atoms with Crippen LogP contribution in [0.4, 0.5) is 26.3 Å². The van der Waals surface area contributed by atoms with Crippen LogP contribution in [0.15, 0.2) is 16.8 Å². The minimum atomic E-state index is -5.38. The van der Waals surface area contributed by atoms with Crippen LogP contribution in [0.1, 0.15) is 6.92 Å². The number of hydrogen-bond donors (Lipinski definition) is 0. The first-order valence-corrected chi connectivity index (χ1v) is 4.65. The van der Waals surface area contributed by atoms with Gasteiger partial charge in [-0.3, -0.25) is 9.79 Å². The highest BCUT2D eigenvalue weighted by Gasteiger charge is 2.49. The number of ketones is 1. The SMILES string of the molecule is CC1N=C(C(F)(F)F)C(C(=O)C(F)(F)F)=CN1C. The highest BCUT2D eigenvalue weighted by Crippen LogP contribution is 2.31. The highest BCUT2D eigenvalue weighted by molar-refractivity contribution is 6.26. The summed E-state index contributed by atoms with van der Waals surface area (Å²) in [7, 11) is 1.23. The van der Waals surface area contributed by atoms with Crippen molar-refractivity contribution in [3.05, 3.63) is 11.8 Å². The zero-order valence-electron chi connectivity index (χ0n) is 9.23. The van der Waals surface area contributed by atoms with E-state index >= 15 is 0 Å². The quantitative estimate of drug-likeness (QED) is 0.687. The first kappa shape index (κ1) is 14.5. The molecule has 102 valence electrons. The molecule has 1 unspecified atom stereocenters. The van der Waals surface area contributed by atoms with Gasteiger partial charge >= 0.3 is 12.4 Å². The van der Waals surface area contributed by atoms with Crippen LogP contribution in [-0.4, -0.2) is 42.0 Å². The molecular formula is C9H8F6N2O. The maximum absolute atomic E-state index is 12.5. The fourth-order valence-corrected chi connectivity index (χ4v) is 1.26. The number of Topliss-reactive ketones (excluding diaryl/α,β-unsaturated/α-hetero) is 1. The Labute approximate surface area is 97.8 Å². The number of rotatable bonds is 1. The minimum absolute atomic E-state index is 0.510. The number of carbonyl (C=O) groups excluding carboxylic acids is 1. The van der Waals surface area contributed by atoms with E-state index in [9.17, 15) is 31.1 Å². The highest BCUT2D eigenvalue weighted by atomic mass is 19.4. The lowest BCUT2D eigenvalue weighted by molar-refractivity contribution is -0.166. The molecule has 18 heavy (non-hydrogen) atoms. The minimum Gasteiger partial charge on any atom is -0.358 e. The van der Waals surface area contributed by atoms with Gasteiger partial charge in [0.2, 0.25) is 0 Å². The van der Waals surface area contributed by atoms with E-state index in [1.54, 1.807) is 0 Å². The van der Waals surface area contributed by atoms with Crippen molar-refractivity contribution in [1.29, 1.82) is 0 Å². The second-order valence-electron chi connectivity index (χ2n) is 3.64. The average Bonchev–Trinajstić information content (AvgIpc) is 2.17. The molecule has 1 aliphatic heterocycles. The van der Waals surface area contributed by atoms with Crippen molar-refractivity contribution in [2.24, 2.45) is 4.99 Å². The molecule has 0 aromatic carbocycles. The zero-order chi connectivity index (χ0) is 14.3. The molecule has 0 aliphatic carbocycles. The van der Waals surface area contributed by atoms with E-state index in [1.165, 1.54) is 14.0 Å². The van der Waals surface area contributed by atoms with Crippen molar-refractivity contribution in [3.8, 4) is 0 Å². The van der Waals surface area contributed by atoms with Crippen molar-refractivity contribution in [2.75, 3.05) is 7.05 Å². The van der Waals surface area contributed by atoms with E-state index in [0.29, 0.717) is 6.20 Å². The Morgan fingerprint density at radius 1 is 1.28 bits per heavy atom. The molecule has 1 atom stereocenters. The summed E-state index contributed by atoms with van der Waals surface area (Å²) in [6, 6.07) is 0. The van der Waals surface area contributed by atoms with E-state index in [4.69, 9.17) is 0 Å². The van der Waals surface area contributed by atoms with Gasteiger partial charge < -0.3 is 4.90 Å². The zero-order valence-corrected chi connectivity index (χ0v) is 9.23. The van der Waals surface area contributed by atoms with Gasteiger partial charge in [-0.15, -0.1) is 0 Å². The predicted octanol–water partition coefficient (Wildman–Crippen LogP) is 2.30. The summed E-state index contributed by atoms with van der Waals surface area (Å²) in [5.74, 6) is -2.56. The van der Waals surface area contributed by atoms with Gasteiger partial charge in [-0.1, -0.05) is 0 Å². The number of alkyl halides is 6. The van der Waals surface area contributed by atoms with Gasteiger partial charge in [0, 0.05) is 13.2 Å². The fourth-order valence-electron chi connectivity index (χ4n) is 1.26. The van der Waals surface area contributed by atoms with Gasteiger partial charge in [0.15, 0.2) is 5.71 Å². The van der Waals surface area contributed by atoms with Crippen molar-refractivity contribution in [2.45, 2.75) is 25.4 Å². The van der Waals surface area contributed by atoms with E-state index in [1.807, 2.05) is 0 Å². The molecule has 9 heteroatoms. The topological polar surface area (TPSA) is 32.7 Å². The lowest BCUT2D eigenvalue weighted by atomic mass is 10.0. The van der Waals surface area contributed by atoms with Crippen LogP contribution in [0.3, 0.4) is 0 Å². The van der Waals surface area contributed by atoms with Crippen LogP contribution in [0.5, 0.6) is 0 Å². The third-order valence-corrected chi connectivity index (χ3v) is 2.26. The second kappa shape index (κ2) is 4.29. The summed E-state index contributed by atoms with van der Waals surface area (Å²) < 4.78 is 74.2. The Bertz CT molecular complexity index is 420. The van der Waals surface area contributed by atoms with Crippen molar-refractivity contribution < 1.29 is 31.1 Å². The van der Waals surface area contributed by atoms with Crippen molar-refractivity contribution in [3.63, 3.8) is 0 Å². The molecule has 1 aliphatic rings. The average molecular weight is 274 g/mol. The summed E-state index contributed by atoms with van der Waals surface area (Å²) in [6.07, 6.45) is -11.0. The summed E-state index contributed by atoms with van der Waals surface area (Å²) in [4.78, 5) is 15.0. The molecule has 0 saturated heterocycles. The largest absolute Gasteiger partial charge is 0.455 e. The van der Waals surface area contributed by atoms with Crippen LogP contribution in [0.2, 0.25) is 0 Å². The lowest BCUT2D eigenvalue weighted by Gasteiger charge is -2.28. The number of hydrogen-bond acceptors (Lipinski definition) is 3. The van der Waals surface area contributed by atoms with Gasteiger partial charge in [0.25, 0.3) is 5.78 Å². The van der Waals surface area contributed by atoms with Gasteiger partial charge in [-0.05, 0) is 6.92 Å². The molecule has 0 radical (unpaired) electrons.